The zero-order chi connectivity index (χ0) is 17.0. The van der Waals surface area contributed by atoms with Crippen LogP contribution >= 0.6 is 11.6 Å². The largest absolute Gasteiger partial charge is 0.416 e. The molecule has 1 heterocycles. The molecule has 0 saturated carbocycles. The number of alkyl halides is 3. The number of hydrogen-bond acceptors (Lipinski definition) is 3. The summed E-state index contributed by atoms with van der Waals surface area (Å²) in [7, 11) is 1.79. The van der Waals surface area contributed by atoms with Crippen molar-refractivity contribution in [2.75, 3.05) is 13.2 Å². The number of halogens is 4. The Labute approximate surface area is 136 Å². The average Bonchev–Trinajstić information content (AvgIpc) is 2.88. The molecule has 0 bridgehead atoms. The highest BCUT2D eigenvalue weighted by atomic mass is 35.5. The van der Waals surface area contributed by atoms with Gasteiger partial charge in [-0.2, -0.15) is 18.3 Å². The molecule has 1 atom stereocenters. The van der Waals surface area contributed by atoms with E-state index in [0.29, 0.717) is 13.0 Å². The summed E-state index contributed by atoms with van der Waals surface area (Å²) >= 11 is 5.67. The van der Waals surface area contributed by atoms with Gasteiger partial charge < -0.3 is 10.4 Å². The van der Waals surface area contributed by atoms with Gasteiger partial charge in [-0.05, 0) is 23.8 Å². The van der Waals surface area contributed by atoms with E-state index in [-0.39, 0.29) is 10.6 Å². The first-order chi connectivity index (χ1) is 10.8. The molecule has 0 saturated heterocycles. The van der Waals surface area contributed by atoms with Gasteiger partial charge in [-0.1, -0.05) is 17.7 Å². The van der Waals surface area contributed by atoms with E-state index in [1.165, 1.54) is 12.1 Å². The third-order valence-corrected chi connectivity index (χ3v) is 3.81. The molecule has 0 aliphatic heterocycles. The van der Waals surface area contributed by atoms with Crippen LogP contribution in [0.15, 0.2) is 30.5 Å². The summed E-state index contributed by atoms with van der Waals surface area (Å²) in [6, 6.07) is 4.57. The maximum atomic E-state index is 13.1. The van der Waals surface area contributed by atoms with Gasteiger partial charge in [0.25, 0.3) is 0 Å². The number of rotatable bonds is 6. The number of aliphatic hydroxyl groups excluding tert-OH is 1. The van der Waals surface area contributed by atoms with Crippen molar-refractivity contribution in [1.82, 2.24) is 15.1 Å². The predicted octanol–water partition coefficient (Wildman–Crippen LogP) is 2.96. The van der Waals surface area contributed by atoms with Crippen molar-refractivity contribution in [3.8, 4) is 0 Å². The van der Waals surface area contributed by atoms with Crippen molar-refractivity contribution in [2.45, 2.75) is 18.6 Å². The second-order valence-electron chi connectivity index (χ2n) is 5.11. The van der Waals surface area contributed by atoms with Gasteiger partial charge in [-0.3, -0.25) is 4.68 Å². The molecule has 2 N–H and O–H groups in total. The normalized spacial score (nSPS) is 13.3. The van der Waals surface area contributed by atoms with Gasteiger partial charge >= 0.3 is 6.18 Å². The van der Waals surface area contributed by atoms with Crippen LogP contribution in [0, 0.1) is 0 Å². The SMILES string of the molecule is Cn1nccc1CCNC(CO)c1ccc(Cl)cc1C(F)(F)F. The fourth-order valence-electron chi connectivity index (χ4n) is 2.37. The third-order valence-electron chi connectivity index (χ3n) is 3.57. The van der Waals surface area contributed by atoms with E-state index >= 15 is 0 Å². The Hall–Kier alpha value is -1.57. The molecular weight excluding hydrogens is 331 g/mol. The van der Waals surface area contributed by atoms with Crippen molar-refractivity contribution >= 4 is 11.6 Å². The zero-order valence-corrected chi connectivity index (χ0v) is 13.2. The Morgan fingerprint density at radius 1 is 1.35 bits per heavy atom. The van der Waals surface area contributed by atoms with Gasteiger partial charge in [0.15, 0.2) is 0 Å². The summed E-state index contributed by atoms with van der Waals surface area (Å²) in [5, 5.41) is 16.5. The van der Waals surface area contributed by atoms with E-state index in [1.54, 1.807) is 17.9 Å². The minimum absolute atomic E-state index is 0.00708. The van der Waals surface area contributed by atoms with E-state index in [0.717, 1.165) is 11.8 Å². The van der Waals surface area contributed by atoms with Crippen LogP contribution in [0.1, 0.15) is 22.9 Å². The lowest BCUT2D eigenvalue weighted by Crippen LogP contribution is -2.29. The Morgan fingerprint density at radius 3 is 2.65 bits per heavy atom. The topological polar surface area (TPSA) is 50.1 Å². The standard InChI is InChI=1S/C15H17ClF3N3O/c1-22-11(5-7-21-22)4-6-20-14(9-23)12-3-2-10(16)8-13(12)15(17,18)19/h2-3,5,7-8,14,20,23H,4,6,9H2,1H3. The molecular formula is C15H17ClF3N3O. The summed E-state index contributed by atoms with van der Waals surface area (Å²) in [6.45, 7) is -0.0409. The molecule has 0 radical (unpaired) electrons. The lowest BCUT2D eigenvalue weighted by molar-refractivity contribution is -0.138. The van der Waals surface area contributed by atoms with Crippen LogP contribution in [0.2, 0.25) is 5.02 Å². The second kappa shape index (κ2) is 7.33. The highest BCUT2D eigenvalue weighted by molar-refractivity contribution is 6.30. The zero-order valence-electron chi connectivity index (χ0n) is 12.4. The summed E-state index contributed by atoms with van der Waals surface area (Å²) in [6.07, 6.45) is -2.29. The van der Waals surface area contributed by atoms with E-state index in [2.05, 4.69) is 10.4 Å². The van der Waals surface area contributed by atoms with E-state index in [4.69, 9.17) is 11.6 Å². The smallest absolute Gasteiger partial charge is 0.394 e. The van der Waals surface area contributed by atoms with Gasteiger partial charge in [0, 0.05) is 36.9 Å². The summed E-state index contributed by atoms with van der Waals surface area (Å²) in [4.78, 5) is 0. The molecule has 126 valence electrons. The first kappa shape index (κ1) is 17.8. The van der Waals surface area contributed by atoms with Gasteiger partial charge in [-0.15, -0.1) is 0 Å². The van der Waals surface area contributed by atoms with E-state index < -0.39 is 24.4 Å². The molecule has 0 aliphatic carbocycles. The molecule has 0 spiro atoms. The number of benzene rings is 1. The van der Waals surface area contributed by atoms with Crippen LogP contribution in [0.3, 0.4) is 0 Å². The van der Waals surface area contributed by atoms with Gasteiger partial charge in [0.05, 0.1) is 18.2 Å². The van der Waals surface area contributed by atoms with Crippen molar-refractivity contribution < 1.29 is 18.3 Å². The second-order valence-corrected chi connectivity index (χ2v) is 5.55. The van der Waals surface area contributed by atoms with Crippen LogP contribution in [-0.2, 0) is 19.6 Å². The number of aromatic nitrogens is 2. The van der Waals surface area contributed by atoms with Crippen molar-refractivity contribution in [1.29, 1.82) is 0 Å². The fraction of sp³-hybridized carbons (Fsp3) is 0.400. The molecule has 1 unspecified atom stereocenters. The Kier molecular flexibility index (Phi) is 5.67. The molecule has 23 heavy (non-hydrogen) atoms. The molecule has 0 amide bonds. The molecule has 2 aromatic rings. The van der Waals surface area contributed by atoms with Gasteiger partial charge in [0.2, 0.25) is 0 Å². The van der Waals surface area contributed by atoms with Crippen molar-refractivity contribution in [3.05, 3.63) is 52.3 Å². The fourth-order valence-corrected chi connectivity index (χ4v) is 2.54. The van der Waals surface area contributed by atoms with Crippen LogP contribution in [0.4, 0.5) is 13.2 Å². The van der Waals surface area contributed by atoms with Crippen molar-refractivity contribution in [3.63, 3.8) is 0 Å². The molecule has 1 aromatic carbocycles. The Bertz CT molecular complexity index is 658. The monoisotopic (exact) mass is 347 g/mol. The first-order valence-electron chi connectivity index (χ1n) is 7.00. The maximum absolute atomic E-state index is 13.1. The van der Waals surface area contributed by atoms with Gasteiger partial charge in [-0.25, -0.2) is 0 Å². The average molecular weight is 348 g/mol. The molecule has 1 aromatic heterocycles. The Morgan fingerprint density at radius 2 is 2.09 bits per heavy atom. The number of aryl methyl sites for hydroxylation is 1. The van der Waals surface area contributed by atoms with E-state index in [9.17, 15) is 18.3 Å². The molecule has 0 aliphatic rings. The minimum atomic E-state index is -4.53. The van der Waals surface area contributed by atoms with Crippen LogP contribution in [0.25, 0.3) is 0 Å². The molecule has 0 fully saturated rings. The maximum Gasteiger partial charge on any atom is 0.416 e. The highest BCUT2D eigenvalue weighted by Crippen LogP contribution is 2.36. The number of nitrogens with one attached hydrogen (secondary N) is 1. The van der Waals surface area contributed by atoms with Gasteiger partial charge in [0.1, 0.15) is 0 Å². The summed E-state index contributed by atoms with van der Waals surface area (Å²) < 4.78 is 41.1. The van der Waals surface area contributed by atoms with Crippen LogP contribution < -0.4 is 5.32 Å². The number of hydrogen-bond donors (Lipinski definition) is 2. The summed E-state index contributed by atoms with van der Waals surface area (Å²) in [5.41, 5.74) is 0.0906. The third kappa shape index (κ3) is 4.46. The van der Waals surface area contributed by atoms with Crippen LogP contribution in [-0.4, -0.2) is 28.0 Å². The minimum Gasteiger partial charge on any atom is -0.394 e. The lowest BCUT2D eigenvalue weighted by Gasteiger charge is -2.21. The van der Waals surface area contributed by atoms with Crippen molar-refractivity contribution in [2.24, 2.45) is 7.05 Å². The van der Waals surface area contributed by atoms with Crippen LogP contribution in [0.5, 0.6) is 0 Å². The lowest BCUT2D eigenvalue weighted by atomic mass is 10.00. The first-order valence-corrected chi connectivity index (χ1v) is 7.38. The predicted molar refractivity (Wildman–Crippen MR) is 81.2 cm³/mol. The molecule has 8 heteroatoms. The molecule has 2 rings (SSSR count). The quantitative estimate of drug-likeness (QED) is 0.844. The van der Waals surface area contributed by atoms with E-state index in [1.807, 2.05) is 6.07 Å². The summed E-state index contributed by atoms with van der Waals surface area (Å²) in [5.74, 6) is 0. The number of nitrogens with zero attached hydrogens (tertiary/aromatic N) is 2. The molecule has 4 nitrogen and oxygen atoms in total. The number of aliphatic hydroxyl groups is 1. The highest BCUT2D eigenvalue weighted by Gasteiger charge is 2.35. The Balaban J connectivity index is 2.13.